The maximum Gasteiger partial charge on any atom is 0.273 e. The van der Waals surface area contributed by atoms with E-state index in [1.807, 2.05) is 4.72 Å². The van der Waals surface area contributed by atoms with Crippen molar-refractivity contribution in [1.29, 1.82) is 0 Å². The number of primary sulfonamides is 1. The van der Waals surface area contributed by atoms with E-state index in [-0.39, 0.29) is 16.1 Å². The zero-order valence-electron chi connectivity index (χ0n) is 10.4. The number of hydrogen-bond donors (Lipinski definition) is 2. The normalized spacial score (nSPS) is 12.3. The monoisotopic (exact) mass is 323 g/mol. The van der Waals surface area contributed by atoms with Gasteiger partial charge in [-0.1, -0.05) is 6.07 Å². The molecule has 0 aliphatic heterocycles. The van der Waals surface area contributed by atoms with E-state index in [0.29, 0.717) is 0 Å². The highest BCUT2D eigenvalue weighted by atomic mass is 32.2. The molecule has 20 heavy (non-hydrogen) atoms. The van der Waals surface area contributed by atoms with Crippen LogP contribution in [0.15, 0.2) is 23.1 Å². The van der Waals surface area contributed by atoms with Crippen molar-refractivity contribution in [1.82, 2.24) is 4.72 Å². The van der Waals surface area contributed by atoms with E-state index in [9.17, 15) is 26.9 Å². The summed E-state index contributed by atoms with van der Waals surface area (Å²) in [5, 5.41) is 15.5. The van der Waals surface area contributed by atoms with Gasteiger partial charge in [0.25, 0.3) is 5.69 Å². The summed E-state index contributed by atoms with van der Waals surface area (Å²) in [6, 6.07) is 3.61. The second-order valence-electron chi connectivity index (χ2n) is 3.92. The molecule has 3 N–H and O–H groups in total. The first-order chi connectivity index (χ1) is 9.04. The quantitative estimate of drug-likeness (QED) is 0.530. The molecule has 0 aliphatic carbocycles. The van der Waals surface area contributed by atoms with Crippen molar-refractivity contribution >= 4 is 25.7 Å². The van der Waals surface area contributed by atoms with Crippen molar-refractivity contribution in [3.63, 3.8) is 0 Å². The Morgan fingerprint density at radius 2 is 1.90 bits per heavy atom. The van der Waals surface area contributed by atoms with E-state index in [1.165, 1.54) is 25.1 Å². The van der Waals surface area contributed by atoms with Gasteiger partial charge in [-0.25, -0.2) is 26.7 Å². The van der Waals surface area contributed by atoms with E-state index in [0.717, 1.165) is 0 Å². The number of sulfonamides is 2. The fourth-order valence-electron chi connectivity index (χ4n) is 1.49. The molecule has 1 aromatic rings. The predicted octanol–water partition coefficient (Wildman–Crippen LogP) is -0.530. The second-order valence-corrected chi connectivity index (χ2v) is 7.39. The van der Waals surface area contributed by atoms with Gasteiger partial charge in [0.05, 0.1) is 15.6 Å². The summed E-state index contributed by atoms with van der Waals surface area (Å²) in [5.41, 5.74) is -0.361. The van der Waals surface area contributed by atoms with Crippen LogP contribution in [0.2, 0.25) is 0 Å². The van der Waals surface area contributed by atoms with Gasteiger partial charge in [-0.2, -0.15) is 0 Å². The van der Waals surface area contributed by atoms with E-state index in [4.69, 9.17) is 5.14 Å². The van der Waals surface area contributed by atoms with Crippen LogP contribution < -0.4 is 9.86 Å². The molecule has 0 aromatic heterocycles. The first-order valence-corrected chi connectivity index (χ1v) is 8.48. The predicted molar refractivity (Wildman–Crippen MR) is 71.0 cm³/mol. The minimum Gasteiger partial charge on any atom is -0.258 e. The van der Waals surface area contributed by atoms with Gasteiger partial charge in [0.15, 0.2) is 0 Å². The largest absolute Gasteiger partial charge is 0.273 e. The van der Waals surface area contributed by atoms with E-state index < -0.39 is 37.3 Å². The summed E-state index contributed by atoms with van der Waals surface area (Å²) in [5.74, 6) is -0.569. The Morgan fingerprint density at radius 3 is 2.40 bits per heavy atom. The Bertz CT molecular complexity index is 726. The Morgan fingerprint density at radius 1 is 1.30 bits per heavy atom. The average molecular weight is 323 g/mol. The van der Waals surface area contributed by atoms with Gasteiger partial charge in [-0.3, -0.25) is 10.1 Å². The van der Waals surface area contributed by atoms with Crippen LogP contribution in [0.5, 0.6) is 0 Å². The van der Waals surface area contributed by atoms with Gasteiger partial charge < -0.3 is 0 Å². The van der Waals surface area contributed by atoms with Gasteiger partial charge in [0.1, 0.15) is 0 Å². The molecule has 0 atom stereocenters. The Labute approximate surface area is 116 Å². The molecule has 0 aliphatic rings. The van der Waals surface area contributed by atoms with Crippen LogP contribution in [0.25, 0.3) is 0 Å². The number of rotatable bonds is 6. The van der Waals surface area contributed by atoms with Crippen LogP contribution in [-0.4, -0.2) is 34.1 Å². The molecule has 0 unspecified atom stereocenters. The molecule has 0 fully saturated rings. The first kappa shape index (κ1) is 16.5. The molecule has 0 saturated carbocycles. The van der Waals surface area contributed by atoms with Gasteiger partial charge in [-0.05, 0) is 13.0 Å². The smallest absolute Gasteiger partial charge is 0.258 e. The number of nitrogens with two attached hydrogens (primary N) is 1. The summed E-state index contributed by atoms with van der Waals surface area (Å²) in [6.07, 6.45) is 0. The van der Waals surface area contributed by atoms with Gasteiger partial charge in [0, 0.05) is 18.2 Å². The number of nitrogens with zero attached hydrogens (tertiary/aromatic N) is 1. The zero-order chi connectivity index (χ0) is 15.6. The molecule has 0 spiro atoms. The number of nitrogens with one attached hydrogen (secondary N) is 1. The zero-order valence-corrected chi connectivity index (χ0v) is 12.1. The molecule has 0 heterocycles. The van der Waals surface area contributed by atoms with Crippen molar-refractivity contribution < 1.29 is 21.8 Å². The Kier molecular flexibility index (Phi) is 4.81. The van der Waals surface area contributed by atoms with Crippen molar-refractivity contribution in [3.05, 3.63) is 33.9 Å². The van der Waals surface area contributed by atoms with E-state index >= 15 is 0 Å². The molecule has 0 radical (unpaired) electrons. The van der Waals surface area contributed by atoms with Crippen LogP contribution in [0.1, 0.15) is 5.56 Å². The van der Waals surface area contributed by atoms with Crippen molar-refractivity contribution in [3.8, 4) is 0 Å². The molecule has 112 valence electrons. The molecule has 0 bridgehead atoms. The molecule has 9 nitrogen and oxygen atoms in total. The highest BCUT2D eigenvalue weighted by Crippen LogP contribution is 2.24. The van der Waals surface area contributed by atoms with Crippen LogP contribution >= 0.6 is 0 Å². The standard InChI is InChI=1S/C9H13N3O6S2/c1-7-8(12(13)14)3-2-4-9(7)20(17,18)11-5-6-19(10,15)16/h2-4,11H,5-6H2,1H3,(H2,10,15,16). The van der Waals surface area contributed by atoms with Crippen LogP contribution in [-0.2, 0) is 20.0 Å². The molecular formula is C9H13N3O6S2. The summed E-state index contributed by atoms with van der Waals surface area (Å²) in [6.45, 7) is 0.885. The lowest BCUT2D eigenvalue weighted by atomic mass is 10.2. The maximum absolute atomic E-state index is 11.9. The lowest BCUT2D eigenvalue weighted by Gasteiger charge is -2.08. The lowest BCUT2D eigenvalue weighted by Crippen LogP contribution is -2.31. The minimum absolute atomic E-state index is 0.0272. The van der Waals surface area contributed by atoms with Gasteiger partial charge in [-0.15, -0.1) is 0 Å². The highest BCUT2D eigenvalue weighted by molar-refractivity contribution is 7.90. The highest BCUT2D eigenvalue weighted by Gasteiger charge is 2.22. The molecule has 0 amide bonds. The summed E-state index contributed by atoms with van der Waals surface area (Å²) >= 11 is 0. The topological polar surface area (TPSA) is 149 Å². The fourth-order valence-corrected chi connectivity index (χ4v) is 3.30. The van der Waals surface area contributed by atoms with Crippen LogP contribution in [0, 0.1) is 17.0 Å². The molecule has 1 rings (SSSR count). The lowest BCUT2D eigenvalue weighted by molar-refractivity contribution is -0.385. The summed E-state index contributed by atoms with van der Waals surface area (Å²) < 4.78 is 47.4. The minimum atomic E-state index is -4.04. The maximum atomic E-state index is 11.9. The van der Waals surface area contributed by atoms with Gasteiger partial charge in [0.2, 0.25) is 20.0 Å². The second kappa shape index (κ2) is 5.83. The van der Waals surface area contributed by atoms with Crippen molar-refractivity contribution in [2.24, 2.45) is 5.14 Å². The third kappa shape index (κ3) is 4.23. The molecule has 0 saturated heterocycles. The third-order valence-electron chi connectivity index (χ3n) is 2.42. The number of benzene rings is 1. The van der Waals surface area contributed by atoms with Crippen molar-refractivity contribution in [2.75, 3.05) is 12.3 Å². The Hall–Kier alpha value is -1.56. The van der Waals surface area contributed by atoms with E-state index in [2.05, 4.69) is 0 Å². The molecule has 11 heteroatoms. The van der Waals surface area contributed by atoms with Gasteiger partial charge >= 0.3 is 0 Å². The molecular weight excluding hydrogens is 310 g/mol. The van der Waals surface area contributed by atoms with Crippen molar-refractivity contribution in [2.45, 2.75) is 11.8 Å². The summed E-state index contributed by atoms with van der Waals surface area (Å²) in [4.78, 5) is 9.77. The number of hydrogen-bond acceptors (Lipinski definition) is 6. The number of nitro groups is 1. The Balaban J connectivity index is 3.05. The summed E-state index contributed by atoms with van der Waals surface area (Å²) in [7, 11) is -7.84. The van der Waals surface area contributed by atoms with Crippen LogP contribution in [0.4, 0.5) is 5.69 Å². The SMILES string of the molecule is Cc1c([N+](=O)[O-])cccc1S(=O)(=O)NCCS(N)(=O)=O. The number of nitro benzene ring substituents is 1. The molecule has 1 aromatic carbocycles. The van der Waals surface area contributed by atoms with Crippen LogP contribution in [0.3, 0.4) is 0 Å². The van der Waals surface area contributed by atoms with E-state index in [1.54, 1.807) is 0 Å². The first-order valence-electron chi connectivity index (χ1n) is 5.29. The average Bonchev–Trinajstić information content (AvgIpc) is 2.26. The third-order valence-corrected chi connectivity index (χ3v) is 4.80. The fraction of sp³-hybridized carbons (Fsp3) is 0.333.